The molecule has 1 fully saturated rings. The van der Waals surface area contributed by atoms with Crippen LogP contribution >= 0.6 is 0 Å². The van der Waals surface area contributed by atoms with E-state index in [4.69, 9.17) is 21.6 Å². The second-order valence-electron chi connectivity index (χ2n) is 6.43. The Kier molecular flexibility index (Phi) is 5.10. The molecule has 0 amide bonds. The van der Waals surface area contributed by atoms with Gasteiger partial charge in [-0.2, -0.15) is 4.98 Å². The summed E-state index contributed by atoms with van der Waals surface area (Å²) in [6.07, 6.45) is 2.33. The third-order valence-corrected chi connectivity index (χ3v) is 4.14. The maximum absolute atomic E-state index is 15.0. The Bertz CT molecular complexity index is 819. The van der Waals surface area contributed by atoms with Gasteiger partial charge in [-0.05, 0) is 6.92 Å². The van der Waals surface area contributed by atoms with E-state index in [1.165, 1.54) is 0 Å². The fraction of sp³-hybridized carbons (Fsp3) is 0.562. The number of aliphatic hydroxyl groups excluding tert-OH is 2. The van der Waals surface area contributed by atoms with E-state index in [1.54, 1.807) is 13.8 Å². The molecule has 10 heteroatoms. The summed E-state index contributed by atoms with van der Waals surface area (Å²) in [7, 11) is 0. The summed E-state index contributed by atoms with van der Waals surface area (Å²) in [4.78, 5) is 27.2. The molecule has 1 saturated heterocycles. The Morgan fingerprint density at radius 1 is 1.58 bits per heavy atom. The monoisotopic (exact) mass is 369 g/mol. The van der Waals surface area contributed by atoms with Crippen LogP contribution in [-0.4, -0.2) is 50.4 Å². The van der Waals surface area contributed by atoms with Gasteiger partial charge in [-0.25, -0.2) is 9.18 Å². The fourth-order valence-electron chi connectivity index (χ4n) is 2.53. The van der Waals surface area contributed by atoms with Gasteiger partial charge in [0.1, 0.15) is 18.0 Å². The maximum Gasteiger partial charge on any atom is 0.352 e. The lowest BCUT2D eigenvalue weighted by molar-refractivity contribution is -0.245. The number of nitrogens with two attached hydrogens (primary N) is 1. The number of carbonyl (C=O) groups excluding carboxylic acids is 1. The summed E-state index contributed by atoms with van der Waals surface area (Å²) in [6, 6.07) is 0. The zero-order chi connectivity index (χ0) is 19.9. The number of aliphatic hydroxyl groups is 2. The maximum atomic E-state index is 15.0. The van der Waals surface area contributed by atoms with E-state index >= 15 is 4.39 Å². The van der Waals surface area contributed by atoms with Crippen molar-refractivity contribution < 1.29 is 28.9 Å². The first kappa shape index (κ1) is 19.8. The van der Waals surface area contributed by atoms with Crippen LogP contribution in [0.4, 0.5) is 10.2 Å². The molecule has 26 heavy (non-hydrogen) atoms. The predicted octanol–water partition coefficient (Wildman–Crippen LogP) is -0.903. The molecule has 0 unspecified atom stereocenters. The number of hydrogen-bond donors (Lipinski definition) is 3. The van der Waals surface area contributed by atoms with Crippen molar-refractivity contribution >= 4 is 11.8 Å². The molecular weight excluding hydrogens is 349 g/mol. The summed E-state index contributed by atoms with van der Waals surface area (Å²) < 4.78 is 25.7. The van der Waals surface area contributed by atoms with Gasteiger partial charge in [0.05, 0.1) is 11.5 Å². The highest BCUT2D eigenvalue weighted by Crippen LogP contribution is 2.42. The lowest BCUT2D eigenvalue weighted by Crippen LogP contribution is -2.48. The summed E-state index contributed by atoms with van der Waals surface area (Å²) in [5.41, 5.74) is 2.49. The lowest BCUT2D eigenvalue weighted by atomic mass is 10.0. The first-order valence-corrected chi connectivity index (χ1v) is 7.74. The third-order valence-electron chi connectivity index (χ3n) is 4.14. The van der Waals surface area contributed by atoms with E-state index in [0.29, 0.717) is 0 Å². The number of rotatable bonds is 4. The Morgan fingerprint density at radius 2 is 2.19 bits per heavy atom. The molecule has 9 nitrogen and oxygen atoms in total. The smallest absolute Gasteiger partial charge is 0.352 e. The molecule has 142 valence electrons. The number of aromatic nitrogens is 2. The van der Waals surface area contributed by atoms with Crippen molar-refractivity contribution in [3.05, 3.63) is 22.2 Å². The summed E-state index contributed by atoms with van der Waals surface area (Å²) in [6.45, 7) is 3.27. The topological polar surface area (TPSA) is 137 Å². The number of carbonyl (C=O) groups is 1. The lowest BCUT2D eigenvalue weighted by Gasteiger charge is -2.30. The van der Waals surface area contributed by atoms with Crippen molar-refractivity contribution in [2.24, 2.45) is 5.92 Å². The molecule has 2 rings (SSSR count). The van der Waals surface area contributed by atoms with Crippen molar-refractivity contribution in [2.45, 2.75) is 44.6 Å². The highest BCUT2D eigenvalue weighted by molar-refractivity contribution is 5.71. The van der Waals surface area contributed by atoms with E-state index in [9.17, 15) is 19.8 Å². The van der Waals surface area contributed by atoms with Crippen LogP contribution in [-0.2, 0) is 20.0 Å². The van der Waals surface area contributed by atoms with Gasteiger partial charge in [-0.15, -0.1) is 6.42 Å². The molecule has 0 aliphatic carbocycles. The fourth-order valence-corrected chi connectivity index (χ4v) is 2.53. The van der Waals surface area contributed by atoms with Crippen LogP contribution in [0.5, 0.6) is 0 Å². The van der Waals surface area contributed by atoms with Crippen LogP contribution < -0.4 is 11.4 Å². The van der Waals surface area contributed by atoms with Gasteiger partial charge in [0.2, 0.25) is 0 Å². The minimum atomic E-state index is -2.95. The normalized spacial score (nSPS) is 31.0. The van der Waals surface area contributed by atoms with Gasteiger partial charge in [-0.1, -0.05) is 19.8 Å². The van der Waals surface area contributed by atoms with E-state index < -0.39 is 48.0 Å². The molecule has 1 aliphatic rings. The number of alkyl halides is 1. The minimum absolute atomic E-state index is 0.0127. The quantitative estimate of drug-likeness (QED) is 0.459. The minimum Gasteiger partial charge on any atom is -0.459 e. The molecule has 1 aromatic heterocycles. The summed E-state index contributed by atoms with van der Waals surface area (Å²) >= 11 is 0. The van der Waals surface area contributed by atoms with Gasteiger partial charge in [0.15, 0.2) is 12.3 Å². The molecule has 0 spiro atoms. The molecule has 4 atom stereocenters. The number of terminal acetylenes is 1. The van der Waals surface area contributed by atoms with Crippen LogP contribution in [0.25, 0.3) is 0 Å². The van der Waals surface area contributed by atoms with E-state index in [0.717, 1.165) is 17.7 Å². The van der Waals surface area contributed by atoms with Crippen LogP contribution in [0.3, 0.4) is 0 Å². The average Bonchev–Trinajstić information content (AvgIpc) is 2.74. The largest absolute Gasteiger partial charge is 0.459 e. The molecule has 0 aromatic carbocycles. The number of ether oxygens (including phenoxy) is 2. The number of halogens is 1. The van der Waals surface area contributed by atoms with Crippen LogP contribution in [0.15, 0.2) is 11.0 Å². The Hall–Kier alpha value is -2.48. The third kappa shape index (κ3) is 3.16. The average molecular weight is 369 g/mol. The van der Waals surface area contributed by atoms with E-state index in [2.05, 4.69) is 10.9 Å². The van der Waals surface area contributed by atoms with Crippen LogP contribution in [0, 0.1) is 18.3 Å². The number of nitrogens with zero attached hydrogens (tertiary/aromatic N) is 2. The van der Waals surface area contributed by atoms with Crippen molar-refractivity contribution in [3.63, 3.8) is 0 Å². The molecule has 4 N–H and O–H groups in total. The Balaban J connectivity index is 2.41. The van der Waals surface area contributed by atoms with Crippen molar-refractivity contribution in [3.8, 4) is 12.3 Å². The standard InChI is InChI=1S/C16H20FN3O6/c1-5-9-6-20(14(24)19-12(9)18)15(4)10(21)11(22)16(17,26-15)7-25-13(23)8(2)3/h1,6,8,10-11,21-22H,7H2,2-4H3,(H2,18,19,24)/t10-,11+,15-,16-/m1/s1. The van der Waals surface area contributed by atoms with Crippen molar-refractivity contribution in [2.75, 3.05) is 12.3 Å². The molecule has 0 bridgehead atoms. The molecule has 1 aliphatic heterocycles. The highest BCUT2D eigenvalue weighted by atomic mass is 19.2. The van der Waals surface area contributed by atoms with Crippen LogP contribution in [0.1, 0.15) is 26.3 Å². The first-order chi connectivity index (χ1) is 12.0. The van der Waals surface area contributed by atoms with E-state index in [-0.39, 0.29) is 11.4 Å². The second kappa shape index (κ2) is 6.68. The predicted molar refractivity (Wildman–Crippen MR) is 87.2 cm³/mol. The zero-order valence-electron chi connectivity index (χ0n) is 14.5. The molecule has 2 heterocycles. The van der Waals surface area contributed by atoms with Gasteiger partial charge >= 0.3 is 11.7 Å². The van der Waals surface area contributed by atoms with E-state index in [1.807, 2.05) is 0 Å². The Labute approximate surface area is 148 Å². The van der Waals surface area contributed by atoms with Crippen molar-refractivity contribution in [1.82, 2.24) is 9.55 Å². The number of hydrogen-bond acceptors (Lipinski definition) is 8. The van der Waals surface area contributed by atoms with Crippen LogP contribution in [0.2, 0.25) is 0 Å². The first-order valence-electron chi connectivity index (χ1n) is 7.74. The molecule has 0 radical (unpaired) electrons. The number of nitrogen functional groups attached to an aromatic ring is 1. The second-order valence-corrected chi connectivity index (χ2v) is 6.43. The number of anilines is 1. The SMILES string of the molecule is C#Cc1cn([C@]2(C)O[C@](F)(COC(=O)C(C)C)[C@@H](O)[C@H]2O)c(=O)nc1N. The zero-order valence-corrected chi connectivity index (χ0v) is 14.5. The molecule has 0 saturated carbocycles. The highest BCUT2D eigenvalue weighted by Gasteiger charge is 2.63. The molecular formula is C16H20FN3O6. The number of esters is 1. The van der Waals surface area contributed by atoms with Gasteiger partial charge in [0.25, 0.3) is 5.85 Å². The summed E-state index contributed by atoms with van der Waals surface area (Å²) in [5.74, 6) is -2.23. The van der Waals surface area contributed by atoms with Gasteiger partial charge < -0.3 is 25.4 Å². The molecule has 1 aromatic rings. The van der Waals surface area contributed by atoms with Gasteiger partial charge in [0, 0.05) is 6.20 Å². The van der Waals surface area contributed by atoms with Crippen molar-refractivity contribution in [1.29, 1.82) is 0 Å². The summed E-state index contributed by atoms with van der Waals surface area (Å²) in [5, 5.41) is 20.4. The Morgan fingerprint density at radius 3 is 2.73 bits per heavy atom. The van der Waals surface area contributed by atoms with Gasteiger partial charge in [-0.3, -0.25) is 9.36 Å².